The molecule has 82 valence electrons. The van der Waals surface area contributed by atoms with Crippen molar-refractivity contribution in [2.24, 2.45) is 5.92 Å². The molecule has 1 aliphatic carbocycles. The average molecular weight is 271 g/mol. The summed E-state index contributed by atoms with van der Waals surface area (Å²) in [5, 5.41) is 3.38. The molecule has 5 heteroatoms. The van der Waals surface area contributed by atoms with Gasteiger partial charge in [0, 0.05) is 12.2 Å². The van der Waals surface area contributed by atoms with E-state index in [2.05, 4.69) is 38.1 Å². The smallest absolute Gasteiger partial charge is 0.221 e. The third kappa shape index (κ3) is 2.59. The quantitative estimate of drug-likeness (QED) is 0.882. The molecule has 0 aromatic carbocycles. The van der Waals surface area contributed by atoms with Crippen molar-refractivity contribution in [3.63, 3.8) is 0 Å². The maximum atomic E-state index is 5.53. The highest BCUT2D eigenvalue weighted by molar-refractivity contribution is 9.10. The van der Waals surface area contributed by atoms with Gasteiger partial charge in [0.2, 0.25) is 5.95 Å². The number of nitrogens with one attached hydrogen (secondary N) is 1. The molecule has 3 N–H and O–H groups in total. The Labute approximate surface area is 97.8 Å². The van der Waals surface area contributed by atoms with Gasteiger partial charge < -0.3 is 11.1 Å². The fraction of sp³-hybridized carbons (Fsp3) is 0.600. The Kier molecular flexibility index (Phi) is 3.09. The van der Waals surface area contributed by atoms with Crippen molar-refractivity contribution in [3.8, 4) is 0 Å². The Bertz CT molecular complexity index is 355. The van der Waals surface area contributed by atoms with Crippen LogP contribution >= 0.6 is 15.9 Å². The number of hydrogen-bond acceptors (Lipinski definition) is 4. The van der Waals surface area contributed by atoms with E-state index >= 15 is 0 Å². The first-order valence-corrected chi connectivity index (χ1v) is 6.04. The molecule has 2 rings (SSSR count). The van der Waals surface area contributed by atoms with E-state index in [0.717, 1.165) is 16.2 Å². The molecule has 0 spiro atoms. The number of aromatic nitrogens is 2. The Morgan fingerprint density at radius 1 is 1.67 bits per heavy atom. The molecule has 4 nitrogen and oxygen atoms in total. The van der Waals surface area contributed by atoms with E-state index in [0.29, 0.717) is 12.0 Å². The van der Waals surface area contributed by atoms with Crippen LogP contribution in [0, 0.1) is 5.92 Å². The molecule has 1 saturated carbocycles. The second-order valence-corrected chi connectivity index (χ2v) is 4.81. The number of rotatable bonds is 4. The van der Waals surface area contributed by atoms with Gasteiger partial charge in [0.25, 0.3) is 0 Å². The first-order chi connectivity index (χ1) is 7.20. The van der Waals surface area contributed by atoms with Gasteiger partial charge in [-0.3, -0.25) is 0 Å². The molecule has 0 amide bonds. The topological polar surface area (TPSA) is 63.8 Å². The first-order valence-electron chi connectivity index (χ1n) is 5.25. The number of halogens is 1. The zero-order chi connectivity index (χ0) is 10.8. The molecule has 1 fully saturated rings. The SMILES string of the molecule is CCCC1CC1Nc1nc(N)ncc1Br. The van der Waals surface area contributed by atoms with Crippen molar-refractivity contribution < 1.29 is 0 Å². The van der Waals surface area contributed by atoms with Gasteiger partial charge in [0.15, 0.2) is 0 Å². The molecule has 0 saturated heterocycles. The van der Waals surface area contributed by atoms with Crippen LogP contribution in [0.25, 0.3) is 0 Å². The van der Waals surface area contributed by atoms with Crippen molar-refractivity contribution in [3.05, 3.63) is 10.7 Å². The van der Waals surface area contributed by atoms with Crippen LogP contribution in [0.5, 0.6) is 0 Å². The molecule has 0 radical (unpaired) electrons. The lowest BCUT2D eigenvalue weighted by Gasteiger charge is -2.06. The molecule has 0 aliphatic heterocycles. The molecule has 2 atom stereocenters. The van der Waals surface area contributed by atoms with Gasteiger partial charge in [-0.15, -0.1) is 0 Å². The number of anilines is 2. The van der Waals surface area contributed by atoms with Crippen molar-refractivity contribution in [2.45, 2.75) is 32.2 Å². The number of hydrogen-bond donors (Lipinski definition) is 2. The fourth-order valence-corrected chi connectivity index (χ4v) is 2.08. The normalized spacial score (nSPS) is 23.9. The molecule has 2 unspecified atom stereocenters. The van der Waals surface area contributed by atoms with E-state index in [1.54, 1.807) is 6.20 Å². The van der Waals surface area contributed by atoms with E-state index in [9.17, 15) is 0 Å². The maximum absolute atomic E-state index is 5.53. The van der Waals surface area contributed by atoms with Gasteiger partial charge in [-0.2, -0.15) is 4.98 Å². The predicted molar refractivity (Wildman–Crippen MR) is 64.6 cm³/mol. The van der Waals surface area contributed by atoms with Crippen LogP contribution in [0.15, 0.2) is 10.7 Å². The highest BCUT2D eigenvalue weighted by Crippen LogP contribution is 2.38. The van der Waals surface area contributed by atoms with Gasteiger partial charge >= 0.3 is 0 Å². The van der Waals surface area contributed by atoms with Crippen LogP contribution < -0.4 is 11.1 Å². The summed E-state index contributed by atoms with van der Waals surface area (Å²) >= 11 is 3.40. The summed E-state index contributed by atoms with van der Waals surface area (Å²) in [7, 11) is 0. The first kappa shape index (κ1) is 10.7. The summed E-state index contributed by atoms with van der Waals surface area (Å²) in [4.78, 5) is 8.06. The zero-order valence-corrected chi connectivity index (χ0v) is 10.3. The van der Waals surface area contributed by atoms with Crippen molar-refractivity contribution in [1.29, 1.82) is 0 Å². The predicted octanol–water partition coefficient (Wildman–Crippen LogP) is 2.42. The summed E-state index contributed by atoms with van der Waals surface area (Å²) in [5.41, 5.74) is 5.53. The van der Waals surface area contributed by atoms with Crippen LogP contribution in [0.2, 0.25) is 0 Å². The third-order valence-corrected chi connectivity index (χ3v) is 3.25. The second-order valence-electron chi connectivity index (χ2n) is 3.96. The minimum Gasteiger partial charge on any atom is -0.368 e. The summed E-state index contributed by atoms with van der Waals surface area (Å²) in [6.07, 6.45) is 5.46. The van der Waals surface area contributed by atoms with Crippen molar-refractivity contribution in [2.75, 3.05) is 11.1 Å². The maximum Gasteiger partial charge on any atom is 0.221 e. The molecule has 1 heterocycles. The Morgan fingerprint density at radius 2 is 2.47 bits per heavy atom. The largest absolute Gasteiger partial charge is 0.368 e. The van der Waals surface area contributed by atoms with Gasteiger partial charge in [0.1, 0.15) is 5.82 Å². The number of nitrogens with two attached hydrogens (primary N) is 1. The van der Waals surface area contributed by atoms with Gasteiger partial charge in [-0.05, 0) is 34.7 Å². The highest BCUT2D eigenvalue weighted by atomic mass is 79.9. The highest BCUT2D eigenvalue weighted by Gasteiger charge is 2.36. The van der Waals surface area contributed by atoms with E-state index in [4.69, 9.17) is 5.73 Å². The van der Waals surface area contributed by atoms with E-state index in [-0.39, 0.29) is 0 Å². The Morgan fingerprint density at radius 3 is 3.20 bits per heavy atom. The summed E-state index contributed by atoms with van der Waals surface area (Å²) < 4.78 is 0.874. The molecular weight excluding hydrogens is 256 g/mol. The van der Waals surface area contributed by atoms with Gasteiger partial charge in [0.05, 0.1) is 4.47 Å². The Hall–Kier alpha value is -0.840. The average Bonchev–Trinajstić information content (AvgIpc) is 2.91. The van der Waals surface area contributed by atoms with Crippen LogP contribution in [-0.2, 0) is 0 Å². The van der Waals surface area contributed by atoms with Crippen LogP contribution in [-0.4, -0.2) is 16.0 Å². The summed E-state index contributed by atoms with van der Waals surface area (Å²) in [6, 6.07) is 0.565. The second kappa shape index (κ2) is 4.35. The molecule has 0 bridgehead atoms. The molecule has 1 aromatic rings. The van der Waals surface area contributed by atoms with Crippen LogP contribution in [0.1, 0.15) is 26.2 Å². The Balaban J connectivity index is 1.97. The monoisotopic (exact) mass is 270 g/mol. The molecular formula is C10H15BrN4. The van der Waals surface area contributed by atoms with Crippen LogP contribution in [0.3, 0.4) is 0 Å². The lowest BCUT2D eigenvalue weighted by Crippen LogP contribution is -2.08. The summed E-state index contributed by atoms with van der Waals surface area (Å²) in [5.74, 6) is 1.93. The van der Waals surface area contributed by atoms with E-state index in [1.807, 2.05) is 0 Å². The third-order valence-electron chi connectivity index (χ3n) is 2.67. The van der Waals surface area contributed by atoms with E-state index in [1.165, 1.54) is 19.3 Å². The van der Waals surface area contributed by atoms with Crippen LogP contribution in [0.4, 0.5) is 11.8 Å². The van der Waals surface area contributed by atoms with Gasteiger partial charge in [-0.1, -0.05) is 13.3 Å². The molecule has 15 heavy (non-hydrogen) atoms. The minimum absolute atomic E-state index is 0.313. The lowest BCUT2D eigenvalue weighted by atomic mass is 10.2. The van der Waals surface area contributed by atoms with Gasteiger partial charge in [-0.25, -0.2) is 4.98 Å². The zero-order valence-electron chi connectivity index (χ0n) is 8.70. The molecule has 1 aliphatic rings. The van der Waals surface area contributed by atoms with E-state index < -0.39 is 0 Å². The summed E-state index contributed by atoms with van der Waals surface area (Å²) in [6.45, 7) is 2.22. The molecule has 1 aromatic heterocycles. The standard InChI is InChI=1S/C10H15BrN4/c1-2-3-6-4-8(6)14-9-7(11)5-13-10(12)15-9/h5-6,8H,2-4H2,1H3,(H3,12,13,14,15). The van der Waals surface area contributed by atoms with Crippen molar-refractivity contribution >= 4 is 27.7 Å². The number of nitrogen functional groups attached to an aromatic ring is 1. The fourth-order valence-electron chi connectivity index (χ4n) is 1.77. The van der Waals surface area contributed by atoms with Crippen molar-refractivity contribution in [1.82, 2.24) is 9.97 Å². The number of nitrogens with zero attached hydrogens (tertiary/aromatic N) is 2. The lowest BCUT2D eigenvalue weighted by molar-refractivity contribution is 0.692. The minimum atomic E-state index is 0.313.